The molecular formula is C14H11Cl2N7O2. The fraction of sp³-hybridized carbons (Fsp3) is 0.143. The lowest BCUT2D eigenvalue weighted by molar-refractivity contribution is -0.384. The predicted octanol–water partition coefficient (Wildman–Crippen LogP) is 3.18. The van der Waals surface area contributed by atoms with Gasteiger partial charge >= 0.3 is 0 Å². The van der Waals surface area contributed by atoms with Crippen LogP contribution in [0.1, 0.15) is 17.0 Å². The summed E-state index contributed by atoms with van der Waals surface area (Å²) in [6.07, 6.45) is 2.75. The van der Waals surface area contributed by atoms with E-state index < -0.39 is 4.92 Å². The molecule has 0 saturated heterocycles. The molecule has 0 fully saturated rings. The number of nitro benzene ring substituents is 1. The highest BCUT2D eigenvalue weighted by molar-refractivity contribution is 6.37. The molecule has 0 bridgehead atoms. The monoisotopic (exact) mass is 379 g/mol. The molecule has 0 spiro atoms. The molecule has 11 heteroatoms. The molecule has 0 saturated carbocycles. The maximum absolute atomic E-state index is 11.0. The number of aryl methyl sites for hydroxylation is 2. The van der Waals surface area contributed by atoms with Crippen LogP contribution in [0.3, 0.4) is 0 Å². The van der Waals surface area contributed by atoms with E-state index in [-0.39, 0.29) is 15.7 Å². The van der Waals surface area contributed by atoms with Crippen LogP contribution in [-0.4, -0.2) is 35.8 Å². The first-order valence-corrected chi connectivity index (χ1v) is 7.74. The minimum absolute atomic E-state index is 0.0419. The Labute approximate surface area is 151 Å². The summed E-state index contributed by atoms with van der Waals surface area (Å²) in [7, 11) is 0. The number of halogens is 2. The van der Waals surface area contributed by atoms with E-state index >= 15 is 0 Å². The van der Waals surface area contributed by atoms with E-state index in [9.17, 15) is 10.1 Å². The Morgan fingerprint density at radius 1 is 1.24 bits per heavy atom. The Morgan fingerprint density at radius 2 is 2.00 bits per heavy atom. The number of nitrogens with zero attached hydrogens (tertiary/aromatic N) is 7. The molecule has 2 heterocycles. The van der Waals surface area contributed by atoms with Crippen molar-refractivity contribution in [2.24, 2.45) is 5.10 Å². The van der Waals surface area contributed by atoms with Crippen LogP contribution in [0.25, 0.3) is 5.95 Å². The minimum Gasteiger partial charge on any atom is -0.258 e. The summed E-state index contributed by atoms with van der Waals surface area (Å²) >= 11 is 11.9. The van der Waals surface area contributed by atoms with E-state index in [0.717, 1.165) is 11.4 Å². The zero-order valence-corrected chi connectivity index (χ0v) is 14.6. The van der Waals surface area contributed by atoms with Crippen LogP contribution in [-0.2, 0) is 0 Å². The Kier molecular flexibility index (Phi) is 4.51. The van der Waals surface area contributed by atoms with E-state index in [4.69, 9.17) is 23.2 Å². The third-order valence-corrected chi connectivity index (χ3v) is 3.93. The van der Waals surface area contributed by atoms with Gasteiger partial charge in [-0.3, -0.25) is 10.1 Å². The highest BCUT2D eigenvalue weighted by Gasteiger charge is 2.16. The van der Waals surface area contributed by atoms with Crippen LogP contribution >= 0.6 is 23.2 Å². The van der Waals surface area contributed by atoms with Crippen molar-refractivity contribution in [1.82, 2.24) is 24.7 Å². The molecule has 128 valence electrons. The minimum atomic E-state index is -0.587. The topological polar surface area (TPSA) is 104 Å². The molecule has 3 aromatic rings. The molecule has 0 atom stereocenters. The lowest BCUT2D eigenvalue weighted by Crippen LogP contribution is -2.06. The number of hydrogen-bond acceptors (Lipinski definition) is 6. The summed E-state index contributed by atoms with van der Waals surface area (Å²) < 4.78 is 2.97. The fourth-order valence-electron chi connectivity index (χ4n) is 2.19. The van der Waals surface area contributed by atoms with Gasteiger partial charge in [-0.2, -0.15) is 14.9 Å². The highest BCUT2D eigenvalue weighted by Crippen LogP contribution is 2.30. The molecule has 0 amide bonds. The number of aromatic nitrogens is 5. The summed E-state index contributed by atoms with van der Waals surface area (Å²) in [6, 6.07) is 4.44. The van der Waals surface area contributed by atoms with Crippen molar-refractivity contribution in [1.29, 1.82) is 0 Å². The first kappa shape index (κ1) is 17.1. The maximum Gasteiger partial charge on any atom is 0.288 e. The summed E-state index contributed by atoms with van der Waals surface area (Å²) in [6.45, 7) is 3.74. The van der Waals surface area contributed by atoms with Gasteiger partial charge in [0.2, 0.25) is 0 Å². The van der Waals surface area contributed by atoms with E-state index in [0.29, 0.717) is 11.5 Å². The Bertz CT molecular complexity index is 993. The van der Waals surface area contributed by atoms with Crippen molar-refractivity contribution in [3.63, 3.8) is 0 Å². The zero-order chi connectivity index (χ0) is 18.1. The Balaban J connectivity index is 1.99. The third-order valence-electron chi connectivity index (χ3n) is 3.30. The molecule has 0 aliphatic carbocycles. The second-order valence-electron chi connectivity index (χ2n) is 5.14. The van der Waals surface area contributed by atoms with Crippen LogP contribution in [0.15, 0.2) is 29.6 Å². The normalized spacial score (nSPS) is 11.4. The SMILES string of the molecule is Cc1cc(C)n(-c2nncn2/N=C/c2cc([N+](=O)[O-])c(Cl)cc2Cl)n1. The molecule has 0 radical (unpaired) electrons. The molecule has 0 aliphatic rings. The van der Waals surface area contributed by atoms with Crippen molar-refractivity contribution in [3.05, 3.63) is 61.6 Å². The summed E-state index contributed by atoms with van der Waals surface area (Å²) in [4.78, 5) is 10.4. The summed E-state index contributed by atoms with van der Waals surface area (Å²) in [5.74, 6) is 0.376. The average molecular weight is 380 g/mol. The lowest BCUT2D eigenvalue weighted by atomic mass is 10.2. The van der Waals surface area contributed by atoms with Gasteiger partial charge in [0.25, 0.3) is 11.6 Å². The first-order chi connectivity index (χ1) is 11.9. The molecule has 0 N–H and O–H groups in total. The van der Waals surface area contributed by atoms with Crippen LogP contribution in [0.4, 0.5) is 5.69 Å². The van der Waals surface area contributed by atoms with Gasteiger partial charge in [0, 0.05) is 17.3 Å². The van der Waals surface area contributed by atoms with E-state index in [2.05, 4.69) is 20.4 Å². The molecule has 1 aromatic carbocycles. The lowest BCUT2D eigenvalue weighted by Gasteiger charge is -2.03. The largest absolute Gasteiger partial charge is 0.288 e. The van der Waals surface area contributed by atoms with Crippen molar-refractivity contribution in [3.8, 4) is 5.95 Å². The van der Waals surface area contributed by atoms with Gasteiger partial charge in [-0.1, -0.05) is 23.2 Å². The molecule has 9 nitrogen and oxygen atoms in total. The molecule has 0 aliphatic heterocycles. The number of benzene rings is 1. The zero-order valence-electron chi connectivity index (χ0n) is 13.1. The van der Waals surface area contributed by atoms with Gasteiger partial charge in [-0.05, 0) is 26.0 Å². The highest BCUT2D eigenvalue weighted by atomic mass is 35.5. The van der Waals surface area contributed by atoms with E-state index in [1.807, 2.05) is 19.9 Å². The molecule has 2 aromatic heterocycles. The predicted molar refractivity (Wildman–Crippen MR) is 92.7 cm³/mol. The Hall–Kier alpha value is -2.78. The molecule has 3 rings (SSSR count). The van der Waals surface area contributed by atoms with Crippen molar-refractivity contribution < 1.29 is 4.92 Å². The average Bonchev–Trinajstić information content (AvgIpc) is 3.11. The van der Waals surface area contributed by atoms with Gasteiger partial charge in [-0.15, -0.1) is 10.2 Å². The smallest absolute Gasteiger partial charge is 0.258 e. The number of nitro groups is 1. The second-order valence-corrected chi connectivity index (χ2v) is 5.96. The van der Waals surface area contributed by atoms with Gasteiger partial charge in [0.05, 0.1) is 21.9 Å². The van der Waals surface area contributed by atoms with Gasteiger partial charge in [0.1, 0.15) is 11.3 Å². The molecule has 0 unspecified atom stereocenters. The number of hydrogen-bond donors (Lipinski definition) is 0. The van der Waals surface area contributed by atoms with Gasteiger partial charge in [0.15, 0.2) is 0 Å². The van der Waals surface area contributed by atoms with Crippen LogP contribution in [0.5, 0.6) is 0 Å². The van der Waals surface area contributed by atoms with Crippen molar-refractivity contribution >= 4 is 35.1 Å². The van der Waals surface area contributed by atoms with Gasteiger partial charge in [-0.25, -0.2) is 4.68 Å². The Morgan fingerprint density at radius 3 is 2.64 bits per heavy atom. The number of rotatable bonds is 4. The van der Waals surface area contributed by atoms with Crippen LogP contribution in [0, 0.1) is 24.0 Å². The van der Waals surface area contributed by atoms with Crippen molar-refractivity contribution in [2.45, 2.75) is 13.8 Å². The van der Waals surface area contributed by atoms with E-state index in [1.165, 1.54) is 29.4 Å². The van der Waals surface area contributed by atoms with Crippen molar-refractivity contribution in [2.75, 3.05) is 0 Å². The second kappa shape index (κ2) is 6.61. The summed E-state index contributed by atoms with van der Waals surface area (Å²) in [5.41, 5.74) is 1.77. The van der Waals surface area contributed by atoms with Crippen LogP contribution < -0.4 is 0 Å². The maximum atomic E-state index is 11.0. The third kappa shape index (κ3) is 3.37. The van der Waals surface area contributed by atoms with Crippen LogP contribution in [0.2, 0.25) is 10.0 Å². The standard InChI is InChI=1S/C14H11Cl2N7O2/c1-8-3-9(2)22(20-8)14-19-17-7-21(14)18-6-10-4-13(23(24)25)12(16)5-11(10)15/h3-7H,1-2H3/b18-6+. The molecular weight excluding hydrogens is 369 g/mol. The molecule has 25 heavy (non-hydrogen) atoms. The fourth-order valence-corrected chi connectivity index (χ4v) is 2.69. The first-order valence-electron chi connectivity index (χ1n) is 6.98. The van der Waals surface area contributed by atoms with Gasteiger partial charge < -0.3 is 0 Å². The summed E-state index contributed by atoms with van der Waals surface area (Å²) in [5, 5.41) is 27.5. The van der Waals surface area contributed by atoms with E-state index in [1.54, 1.807) is 4.68 Å². The quantitative estimate of drug-likeness (QED) is 0.393.